The topological polar surface area (TPSA) is 53.0 Å². The molecule has 6 rings (SSSR count). The van der Waals surface area contributed by atoms with Crippen molar-refractivity contribution in [2.75, 3.05) is 0 Å². The number of benzene rings is 4. The summed E-state index contributed by atoms with van der Waals surface area (Å²) >= 11 is 0. The van der Waals surface area contributed by atoms with Gasteiger partial charge in [0.15, 0.2) is 0 Å². The molecule has 0 bridgehead atoms. The number of aliphatic hydroxyl groups is 2. The molecule has 4 aromatic rings. The van der Waals surface area contributed by atoms with Crippen molar-refractivity contribution < 1.29 is 14.9 Å². The Balaban J connectivity index is 1.86. The monoisotopic (exact) mass is 302 g/mol. The summed E-state index contributed by atoms with van der Waals surface area (Å²) in [5.74, 6) is 0. The van der Waals surface area contributed by atoms with Crippen LogP contribution in [-0.2, 0) is 4.74 Å². The Morgan fingerprint density at radius 2 is 1.57 bits per heavy atom. The number of ether oxygens (including phenoxy) is 1. The highest BCUT2D eigenvalue weighted by Crippen LogP contribution is 2.53. The van der Waals surface area contributed by atoms with Crippen molar-refractivity contribution in [2.24, 2.45) is 0 Å². The summed E-state index contributed by atoms with van der Waals surface area (Å²) in [5, 5.41) is 27.9. The minimum absolute atomic E-state index is 0.0784. The summed E-state index contributed by atoms with van der Waals surface area (Å²) in [4.78, 5) is 0. The second kappa shape index (κ2) is 3.82. The number of epoxide rings is 1. The number of hydrogen-bond donors (Lipinski definition) is 2. The van der Waals surface area contributed by atoms with E-state index < -0.39 is 12.2 Å². The van der Waals surface area contributed by atoms with Gasteiger partial charge < -0.3 is 14.9 Å². The molecule has 4 aromatic carbocycles. The van der Waals surface area contributed by atoms with Crippen molar-refractivity contribution in [3.63, 3.8) is 0 Å². The SMILES string of the molecule is O[C@@H]1[C@H]2O[C@H]2c2cc3ccc4cccc5ccc(c2[C@H]1O)c3c45. The molecule has 0 radical (unpaired) electrons. The third kappa shape index (κ3) is 1.36. The van der Waals surface area contributed by atoms with Crippen molar-refractivity contribution in [1.29, 1.82) is 0 Å². The molecule has 1 saturated heterocycles. The van der Waals surface area contributed by atoms with Crippen LogP contribution >= 0.6 is 0 Å². The van der Waals surface area contributed by atoms with Gasteiger partial charge in [-0.05, 0) is 49.5 Å². The average molecular weight is 302 g/mol. The average Bonchev–Trinajstić information content (AvgIpc) is 3.38. The summed E-state index contributed by atoms with van der Waals surface area (Å²) in [6, 6.07) is 16.9. The van der Waals surface area contributed by atoms with Gasteiger partial charge >= 0.3 is 0 Å². The molecule has 0 spiro atoms. The van der Waals surface area contributed by atoms with Gasteiger partial charge in [-0.15, -0.1) is 0 Å². The third-order valence-corrected chi connectivity index (χ3v) is 5.51. The van der Waals surface area contributed by atoms with Crippen LogP contribution in [0.15, 0.2) is 48.5 Å². The van der Waals surface area contributed by atoms with Crippen molar-refractivity contribution in [3.8, 4) is 0 Å². The zero-order valence-corrected chi connectivity index (χ0v) is 12.2. The number of fused-ring (bicyclic) bond motifs is 4. The van der Waals surface area contributed by atoms with E-state index in [2.05, 4.69) is 48.5 Å². The highest BCUT2D eigenvalue weighted by atomic mass is 16.6. The van der Waals surface area contributed by atoms with Crippen molar-refractivity contribution in [1.82, 2.24) is 0 Å². The van der Waals surface area contributed by atoms with E-state index in [1.165, 1.54) is 26.9 Å². The van der Waals surface area contributed by atoms with E-state index in [0.717, 1.165) is 16.5 Å². The van der Waals surface area contributed by atoms with Crippen LogP contribution in [0, 0.1) is 0 Å². The number of aliphatic hydroxyl groups excluding tert-OH is 2. The molecular formula is C20H14O3. The first kappa shape index (κ1) is 12.3. The van der Waals surface area contributed by atoms with E-state index in [1.54, 1.807) is 0 Å². The lowest BCUT2D eigenvalue weighted by Gasteiger charge is -2.26. The lowest BCUT2D eigenvalue weighted by Crippen LogP contribution is -2.29. The maximum absolute atomic E-state index is 10.6. The Morgan fingerprint density at radius 1 is 0.826 bits per heavy atom. The highest BCUT2D eigenvalue weighted by molar-refractivity contribution is 6.23. The molecule has 1 aliphatic heterocycles. The van der Waals surface area contributed by atoms with E-state index in [9.17, 15) is 10.2 Å². The van der Waals surface area contributed by atoms with Crippen LogP contribution in [0.5, 0.6) is 0 Å². The molecule has 112 valence electrons. The first-order chi connectivity index (χ1) is 11.2. The Morgan fingerprint density at radius 3 is 2.39 bits per heavy atom. The minimum Gasteiger partial charge on any atom is -0.387 e. The van der Waals surface area contributed by atoms with Gasteiger partial charge in [-0.25, -0.2) is 0 Å². The predicted octanol–water partition coefficient (Wildman–Crippen LogP) is 3.43. The largest absolute Gasteiger partial charge is 0.387 e. The Kier molecular flexibility index (Phi) is 2.03. The molecule has 4 atom stereocenters. The zero-order valence-electron chi connectivity index (χ0n) is 12.2. The van der Waals surface area contributed by atoms with E-state index in [1.807, 2.05) is 0 Å². The van der Waals surface area contributed by atoms with Gasteiger partial charge in [0.25, 0.3) is 0 Å². The fraction of sp³-hybridized carbons (Fsp3) is 0.200. The van der Waals surface area contributed by atoms with Crippen molar-refractivity contribution >= 4 is 32.3 Å². The molecule has 2 N–H and O–H groups in total. The quantitative estimate of drug-likeness (QED) is 0.386. The second-order valence-electron chi connectivity index (χ2n) is 6.69. The molecule has 0 saturated carbocycles. The van der Waals surface area contributed by atoms with Crippen LogP contribution in [0.4, 0.5) is 0 Å². The van der Waals surface area contributed by atoms with Gasteiger partial charge in [-0.1, -0.05) is 42.5 Å². The standard InChI is InChI=1S/C20H14O3/c21-17-16-12-7-6-10-3-1-2-9-4-5-11(15(12)14(9)10)8-13(16)19-20(23-19)18(17)22/h1-8,17-22H/t17-,18+,19+,20-/m1/s1. The Labute approximate surface area is 132 Å². The van der Waals surface area contributed by atoms with Crippen molar-refractivity contribution in [3.05, 3.63) is 59.7 Å². The van der Waals surface area contributed by atoms with Crippen LogP contribution in [0.1, 0.15) is 23.3 Å². The second-order valence-corrected chi connectivity index (χ2v) is 6.69. The van der Waals surface area contributed by atoms with Crippen LogP contribution in [0.2, 0.25) is 0 Å². The molecule has 2 aliphatic rings. The van der Waals surface area contributed by atoms with E-state index in [0.29, 0.717) is 0 Å². The summed E-state index contributed by atoms with van der Waals surface area (Å²) in [6.45, 7) is 0. The molecule has 23 heavy (non-hydrogen) atoms. The summed E-state index contributed by atoms with van der Waals surface area (Å²) in [7, 11) is 0. The zero-order chi connectivity index (χ0) is 15.3. The maximum Gasteiger partial charge on any atom is 0.118 e. The van der Waals surface area contributed by atoms with Gasteiger partial charge in [-0.2, -0.15) is 0 Å². The van der Waals surface area contributed by atoms with Crippen molar-refractivity contribution in [2.45, 2.75) is 24.4 Å². The molecule has 1 fully saturated rings. The molecule has 3 nitrogen and oxygen atoms in total. The van der Waals surface area contributed by atoms with Crippen LogP contribution in [0.3, 0.4) is 0 Å². The summed E-state index contributed by atoms with van der Waals surface area (Å²) < 4.78 is 5.60. The first-order valence-corrected chi connectivity index (χ1v) is 7.96. The lowest BCUT2D eigenvalue weighted by molar-refractivity contribution is 0.000843. The van der Waals surface area contributed by atoms with Gasteiger partial charge in [0, 0.05) is 0 Å². The van der Waals surface area contributed by atoms with Gasteiger partial charge in [-0.3, -0.25) is 0 Å². The number of hydrogen-bond acceptors (Lipinski definition) is 3. The Hall–Kier alpha value is -2.20. The van der Waals surface area contributed by atoms with Gasteiger partial charge in [0.2, 0.25) is 0 Å². The lowest BCUT2D eigenvalue weighted by atomic mass is 9.81. The maximum atomic E-state index is 10.6. The Bertz CT molecular complexity index is 1080. The summed E-state index contributed by atoms with van der Waals surface area (Å²) in [5.41, 5.74) is 1.86. The molecule has 0 unspecified atom stereocenters. The van der Waals surface area contributed by atoms with Crippen LogP contribution < -0.4 is 0 Å². The van der Waals surface area contributed by atoms with Crippen LogP contribution in [0.25, 0.3) is 32.3 Å². The van der Waals surface area contributed by atoms with E-state index >= 15 is 0 Å². The normalized spacial score (nSPS) is 29.1. The molecule has 0 aromatic heterocycles. The van der Waals surface area contributed by atoms with E-state index in [-0.39, 0.29) is 12.2 Å². The van der Waals surface area contributed by atoms with Crippen LogP contribution in [-0.4, -0.2) is 22.4 Å². The smallest absolute Gasteiger partial charge is 0.118 e. The molecule has 1 aliphatic carbocycles. The molecule has 3 heteroatoms. The highest BCUT2D eigenvalue weighted by Gasteiger charge is 2.54. The minimum atomic E-state index is -0.890. The summed E-state index contributed by atoms with van der Waals surface area (Å²) in [6.07, 6.45) is -2.07. The first-order valence-electron chi connectivity index (χ1n) is 7.96. The van der Waals surface area contributed by atoms with E-state index in [4.69, 9.17) is 4.74 Å². The third-order valence-electron chi connectivity index (χ3n) is 5.51. The van der Waals surface area contributed by atoms with Gasteiger partial charge in [0.05, 0.1) is 0 Å². The number of rotatable bonds is 0. The van der Waals surface area contributed by atoms with Gasteiger partial charge in [0.1, 0.15) is 24.4 Å². The molecule has 0 amide bonds. The fourth-order valence-electron chi connectivity index (χ4n) is 4.40. The molecule has 1 heterocycles. The molecular weight excluding hydrogens is 288 g/mol. The fourth-order valence-corrected chi connectivity index (χ4v) is 4.40. The predicted molar refractivity (Wildman–Crippen MR) is 88.7 cm³/mol.